The van der Waals surface area contributed by atoms with Crippen LogP contribution in [0.15, 0.2) is 146 Å². The fraction of sp³-hybridized carbons (Fsp3) is 0.200. The summed E-state index contributed by atoms with van der Waals surface area (Å²) in [7, 11) is 0. The second-order valence-corrected chi connectivity index (χ2v) is 21.2. The van der Waals surface area contributed by atoms with Crippen LogP contribution in [0.2, 0.25) is 0 Å². The average Bonchev–Trinajstić information content (AvgIpc) is 3.22. The smallest absolute Gasteiger partial charge is 0.0474 e. The van der Waals surface area contributed by atoms with Crippen molar-refractivity contribution in [2.45, 2.75) is 78.6 Å². The van der Waals surface area contributed by atoms with Crippen LogP contribution in [0, 0.1) is 0 Å². The number of hydrogen-bond donors (Lipinski definition) is 0. The second kappa shape index (κ2) is 12.1. The highest BCUT2D eigenvalue weighted by molar-refractivity contribution is 6.27. The highest BCUT2D eigenvalue weighted by Gasteiger charge is 2.24. The minimum atomic E-state index is 0.0767. The maximum absolute atomic E-state index is 2.52. The van der Waals surface area contributed by atoms with Crippen molar-refractivity contribution in [3.8, 4) is 0 Å². The standard InChI is InChI=1S/C60H51N/c1-58(2,3)46-22-34-10-16-40-28-49(29-41-17-11-35(23-46)52(34)55(40)41)61(50-30-42-18-12-36-24-47(59(4,5)6)25-37-13-19-43(31-50)56(42)53(36)37)51-32-44-20-14-38-26-48(60(7,8)9)27-39-15-21-45(33-51)57(44)54(38)39/h10-33H,1-9H3. The Balaban J connectivity index is 1.12. The van der Waals surface area contributed by atoms with E-state index in [1.54, 1.807) is 0 Å². The van der Waals surface area contributed by atoms with Crippen molar-refractivity contribution >= 4 is 114 Å². The van der Waals surface area contributed by atoms with Crippen LogP contribution in [0.1, 0.15) is 79.0 Å². The van der Waals surface area contributed by atoms with Gasteiger partial charge in [0.1, 0.15) is 0 Å². The molecular weight excluding hydrogens is 735 g/mol. The molecule has 0 N–H and O–H groups in total. The zero-order chi connectivity index (χ0) is 41.9. The van der Waals surface area contributed by atoms with Gasteiger partial charge >= 0.3 is 0 Å². The third-order valence-electron chi connectivity index (χ3n) is 13.9. The minimum Gasteiger partial charge on any atom is -0.310 e. The Labute approximate surface area is 358 Å². The summed E-state index contributed by atoms with van der Waals surface area (Å²) >= 11 is 0. The lowest BCUT2D eigenvalue weighted by molar-refractivity contribution is 0.591. The number of hydrogen-bond acceptors (Lipinski definition) is 1. The van der Waals surface area contributed by atoms with Crippen LogP contribution in [0.4, 0.5) is 17.1 Å². The summed E-state index contributed by atoms with van der Waals surface area (Å²) in [4.78, 5) is 2.52. The Bertz CT molecular complexity index is 3150. The predicted octanol–water partition coefficient (Wildman–Crippen LogP) is 17.7. The molecule has 0 aliphatic carbocycles. The Hall–Kier alpha value is -6.44. The maximum Gasteiger partial charge on any atom is 0.0474 e. The van der Waals surface area contributed by atoms with Gasteiger partial charge in [-0.25, -0.2) is 0 Å². The normalized spacial score (nSPS) is 13.3. The first-order chi connectivity index (χ1) is 29.1. The predicted molar refractivity (Wildman–Crippen MR) is 268 cm³/mol. The van der Waals surface area contributed by atoms with Crippen molar-refractivity contribution < 1.29 is 0 Å². The molecule has 0 radical (unpaired) electrons. The molecule has 1 heteroatoms. The van der Waals surface area contributed by atoms with Gasteiger partial charge in [0.15, 0.2) is 0 Å². The largest absolute Gasteiger partial charge is 0.310 e. The minimum absolute atomic E-state index is 0.0767. The Morgan fingerprint density at radius 2 is 0.377 bits per heavy atom. The lowest BCUT2D eigenvalue weighted by Crippen LogP contribution is -2.11. The number of rotatable bonds is 3. The van der Waals surface area contributed by atoms with Gasteiger partial charge in [-0.15, -0.1) is 0 Å². The molecule has 12 rings (SSSR count). The van der Waals surface area contributed by atoms with Crippen LogP contribution in [-0.4, -0.2) is 0 Å². The molecule has 0 unspecified atom stereocenters. The zero-order valence-corrected chi connectivity index (χ0v) is 36.8. The molecule has 0 saturated carbocycles. The fourth-order valence-electron chi connectivity index (χ4n) is 10.6. The Morgan fingerprint density at radius 1 is 0.230 bits per heavy atom. The molecule has 0 aromatic heterocycles. The van der Waals surface area contributed by atoms with Crippen molar-refractivity contribution in [2.24, 2.45) is 0 Å². The first kappa shape index (κ1) is 36.4. The molecule has 0 saturated heterocycles. The number of anilines is 3. The van der Waals surface area contributed by atoms with Crippen molar-refractivity contribution in [3.63, 3.8) is 0 Å². The SMILES string of the molecule is CC(C)(C)c1cc2ccc3cc(N(c4cc5ccc6cc(C(C)(C)C)cc7ccc(c4)c5c67)c4cc5ccc6cc(C(C)(C)C)cc7ccc(c4)c5c67)cc4ccc(c1)c2c34. The van der Waals surface area contributed by atoms with Crippen LogP contribution < -0.4 is 4.90 Å². The lowest BCUT2D eigenvalue weighted by Gasteiger charge is -2.29. The molecule has 0 aliphatic heterocycles. The van der Waals surface area contributed by atoms with Gasteiger partial charge in [0, 0.05) is 17.1 Å². The molecule has 0 heterocycles. The quantitative estimate of drug-likeness (QED) is 0.161. The van der Waals surface area contributed by atoms with Crippen LogP contribution in [0.25, 0.3) is 97.0 Å². The third kappa shape index (κ3) is 5.46. The molecule has 0 fully saturated rings. The van der Waals surface area contributed by atoms with E-state index in [-0.39, 0.29) is 16.2 Å². The summed E-state index contributed by atoms with van der Waals surface area (Å²) in [6.07, 6.45) is 0. The molecule has 1 nitrogen and oxygen atoms in total. The van der Waals surface area contributed by atoms with Crippen molar-refractivity contribution in [1.82, 2.24) is 0 Å². The van der Waals surface area contributed by atoms with E-state index in [4.69, 9.17) is 0 Å². The molecule has 0 amide bonds. The summed E-state index contributed by atoms with van der Waals surface area (Å²) < 4.78 is 0. The molecule has 61 heavy (non-hydrogen) atoms. The summed E-state index contributed by atoms with van der Waals surface area (Å²) in [5, 5.41) is 23.6. The van der Waals surface area contributed by atoms with Crippen LogP contribution in [0.5, 0.6) is 0 Å². The van der Waals surface area contributed by atoms with Crippen LogP contribution in [-0.2, 0) is 16.2 Å². The van der Waals surface area contributed by atoms with Crippen LogP contribution in [0.3, 0.4) is 0 Å². The lowest BCUT2D eigenvalue weighted by atomic mass is 9.83. The van der Waals surface area contributed by atoms with E-state index in [2.05, 4.69) is 213 Å². The van der Waals surface area contributed by atoms with E-state index in [0.29, 0.717) is 0 Å². The summed E-state index contributed by atoms with van der Waals surface area (Å²) in [6.45, 7) is 20.8. The topological polar surface area (TPSA) is 3.24 Å². The van der Waals surface area contributed by atoms with Gasteiger partial charge in [0.2, 0.25) is 0 Å². The van der Waals surface area contributed by atoms with Gasteiger partial charge in [0.25, 0.3) is 0 Å². The second-order valence-electron chi connectivity index (χ2n) is 21.2. The molecule has 0 aliphatic rings. The van der Waals surface area contributed by atoms with E-state index in [0.717, 1.165) is 17.1 Å². The first-order valence-electron chi connectivity index (χ1n) is 22.1. The maximum atomic E-state index is 2.52. The van der Waals surface area contributed by atoms with Gasteiger partial charge < -0.3 is 4.90 Å². The average molecular weight is 786 g/mol. The molecule has 12 aromatic rings. The van der Waals surface area contributed by atoms with E-state index < -0.39 is 0 Å². The van der Waals surface area contributed by atoms with Gasteiger partial charge in [-0.1, -0.05) is 172 Å². The van der Waals surface area contributed by atoms with E-state index in [9.17, 15) is 0 Å². The van der Waals surface area contributed by atoms with Gasteiger partial charge in [-0.3, -0.25) is 0 Å². The van der Waals surface area contributed by atoms with Crippen molar-refractivity contribution in [2.75, 3.05) is 4.90 Å². The number of nitrogens with zero attached hydrogens (tertiary/aromatic N) is 1. The van der Waals surface area contributed by atoms with Crippen molar-refractivity contribution in [3.05, 3.63) is 162 Å². The molecule has 12 aromatic carbocycles. The van der Waals surface area contributed by atoms with Gasteiger partial charge in [-0.05, 0) is 166 Å². The number of benzene rings is 12. The molecular formula is C60H51N. The summed E-state index contributed by atoms with van der Waals surface area (Å²) in [5.74, 6) is 0. The summed E-state index contributed by atoms with van der Waals surface area (Å²) in [6, 6.07) is 57.1. The van der Waals surface area contributed by atoms with E-state index in [1.807, 2.05) is 0 Å². The van der Waals surface area contributed by atoms with Crippen molar-refractivity contribution in [1.29, 1.82) is 0 Å². The molecule has 0 bridgehead atoms. The van der Waals surface area contributed by atoms with E-state index >= 15 is 0 Å². The van der Waals surface area contributed by atoms with Gasteiger partial charge in [0.05, 0.1) is 0 Å². The molecule has 296 valence electrons. The third-order valence-corrected chi connectivity index (χ3v) is 13.9. The highest BCUT2D eigenvalue weighted by Crippen LogP contribution is 2.48. The fourth-order valence-corrected chi connectivity index (χ4v) is 10.6. The highest BCUT2D eigenvalue weighted by atomic mass is 15.1. The van der Waals surface area contributed by atoms with Crippen LogP contribution >= 0.6 is 0 Å². The van der Waals surface area contributed by atoms with Gasteiger partial charge in [-0.2, -0.15) is 0 Å². The van der Waals surface area contributed by atoms with E-state index in [1.165, 1.54) is 114 Å². The molecule has 0 atom stereocenters. The molecule has 0 spiro atoms. The Morgan fingerprint density at radius 3 is 0.525 bits per heavy atom. The monoisotopic (exact) mass is 785 g/mol. The zero-order valence-electron chi connectivity index (χ0n) is 36.8. The Kier molecular flexibility index (Phi) is 7.23. The summed E-state index contributed by atoms with van der Waals surface area (Å²) in [5.41, 5.74) is 7.83. The first-order valence-corrected chi connectivity index (χ1v) is 22.1.